The number of nitrogens with one attached hydrogen (secondary N) is 1. The van der Waals surface area contributed by atoms with Gasteiger partial charge in [0.15, 0.2) is 5.78 Å². The van der Waals surface area contributed by atoms with Gasteiger partial charge >= 0.3 is 0 Å². The zero-order valence-corrected chi connectivity index (χ0v) is 18.7. The Morgan fingerprint density at radius 3 is 2.36 bits per heavy atom. The fraction of sp³-hybridized carbons (Fsp3) is 0.179. The Balaban J connectivity index is 1.34. The third-order valence-electron chi connectivity index (χ3n) is 5.61. The molecule has 0 spiro atoms. The third-order valence-corrected chi connectivity index (χ3v) is 5.61. The number of aromatic nitrogens is 2. The van der Waals surface area contributed by atoms with Crippen LogP contribution in [0.25, 0.3) is 11.1 Å². The third kappa shape index (κ3) is 6.04. The highest BCUT2D eigenvalue weighted by Crippen LogP contribution is 2.24. The predicted octanol–water partition coefficient (Wildman–Crippen LogP) is 5.19. The van der Waals surface area contributed by atoms with Crippen LogP contribution in [-0.4, -0.2) is 21.5 Å². The Hall–Kier alpha value is -3.99. The van der Waals surface area contributed by atoms with Crippen LogP contribution in [0, 0.1) is 6.92 Å². The largest absolute Gasteiger partial charge is 0.352 e. The van der Waals surface area contributed by atoms with Crippen molar-refractivity contribution < 1.29 is 9.59 Å². The molecular weight excluding hydrogens is 410 g/mol. The van der Waals surface area contributed by atoms with Crippen molar-refractivity contribution in [3.8, 4) is 11.1 Å². The molecule has 5 heteroatoms. The highest BCUT2D eigenvalue weighted by atomic mass is 16.2. The van der Waals surface area contributed by atoms with Crippen LogP contribution in [0.1, 0.15) is 39.9 Å². The van der Waals surface area contributed by atoms with Crippen LogP contribution in [0.4, 0.5) is 0 Å². The summed E-state index contributed by atoms with van der Waals surface area (Å²) in [5.41, 5.74) is 6.14. The number of hydrogen-bond donors (Lipinski definition) is 1. The highest BCUT2D eigenvalue weighted by molar-refractivity contribution is 5.98. The van der Waals surface area contributed by atoms with Gasteiger partial charge in [-0.15, -0.1) is 0 Å². The normalized spacial score (nSPS) is 10.7. The summed E-state index contributed by atoms with van der Waals surface area (Å²) in [4.78, 5) is 24.7. The zero-order chi connectivity index (χ0) is 23.0. The number of aryl methyl sites for hydroxylation is 1. The Morgan fingerprint density at radius 2 is 1.64 bits per heavy atom. The van der Waals surface area contributed by atoms with E-state index in [1.54, 1.807) is 6.20 Å². The van der Waals surface area contributed by atoms with Gasteiger partial charge in [-0.2, -0.15) is 5.10 Å². The quantitative estimate of drug-likeness (QED) is 0.367. The number of ketones is 1. The molecule has 0 saturated heterocycles. The predicted molar refractivity (Wildman–Crippen MR) is 130 cm³/mol. The van der Waals surface area contributed by atoms with E-state index in [1.165, 1.54) is 5.56 Å². The molecule has 0 atom stereocenters. The van der Waals surface area contributed by atoms with Gasteiger partial charge in [0, 0.05) is 37.3 Å². The second-order valence-electron chi connectivity index (χ2n) is 8.12. The fourth-order valence-corrected chi connectivity index (χ4v) is 3.72. The van der Waals surface area contributed by atoms with Gasteiger partial charge in [0.2, 0.25) is 5.91 Å². The molecule has 0 saturated carbocycles. The minimum Gasteiger partial charge on any atom is -0.352 e. The maximum Gasteiger partial charge on any atom is 0.220 e. The summed E-state index contributed by atoms with van der Waals surface area (Å²) in [5, 5.41) is 7.21. The molecule has 3 aromatic carbocycles. The lowest BCUT2D eigenvalue weighted by Gasteiger charge is -2.12. The van der Waals surface area contributed by atoms with E-state index in [1.807, 2.05) is 66.3 Å². The van der Waals surface area contributed by atoms with E-state index < -0.39 is 0 Å². The second-order valence-corrected chi connectivity index (χ2v) is 8.12. The number of hydrogen-bond acceptors (Lipinski definition) is 3. The summed E-state index contributed by atoms with van der Waals surface area (Å²) in [5.74, 6) is -0.138. The molecule has 0 aliphatic rings. The number of carbonyl (C=O) groups excluding carboxylic acids is 2. The number of rotatable bonds is 9. The first kappa shape index (κ1) is 22.2. The van der Waals surface area contributed by atoms with Crippen molar-refractivity contribution in [2.24, 2.45) is 0 Å². The fourth-order valence-electron chi connectivity index (χ4n) is 3.72. The number of nitrogens with zero attached hydrogens (tertiary/aromatic N) is 2. The average Bonchev–Trinajstić information content (AvgIpc) is 3.35. The van der Waals surface area contributed by atoms with Crippen molar-refractivity contribution in [3.05, 3.63) is 114 Å². The molecular formula is C28H27N3O2. The first-order valence-electron chi connectivity index (χ1n) is 11.1. The topological polar surface area (TPSA) is 64.0 Å². The van der Waals surface area contributed by atoms with Crippen LogP contribution >= 0.6 is 0 Å². The summed E-state index contributed by atoms with van der Waals surface area (Å²) >= 11 is 0. The average molecular weight is 438 g/mol. The van der Waals surface area contributed by atoms with Crippen LogP contribution in [0.5, 0.6) is 0 Å². The van der Waals surface area contributed by atoms with Crippen molar-refractivity contribution in [2.75, 3.05) is 0 Å². The molecule has 0 aliphatic heterocycles. The lowest BCUT2D eigenvalue weighted by atomic mass is 9.98. The van der Waals surface area contributed by atoms with Crippen molar-refractivity contribution in [1.82, 2.24) is 15.1 Å². The highest BCUT2D eigenvalue weighted by Gasteiger charge is 2.11. The summed E-state index contributed by atoms with van der Waals surface area (Å²) in [6, 6.07) is 25.8. The molecule has 166 valence electrons. The maximum atomic E-state index is 12.4. The van der Waals surface area contributed by atoms with Crippen LogP contribution in [0.3, 0.4) is 0 Å². The Kier molecular flexibility index (Phi) is 7.10. The van der Waals surface area contributed by atoms with E-state index in [9.17, 15) is 9.59 Å². The van der Waals surface area contributed by atoms with Gasteiger partial charge in [0.1, 0.15) is 0 Å². The number of carbonyl (C=O) groups is 2. The molecule has 1 amide bonds. The van der Waals surface area contributed by atoms with Crippen molar-refractivity contribution in [1.29, 1.82) is 0 Å². The number of benzene rings is 3. The molecule has 33 heavy (non-hydrogen) atoms. The smallest absolute Gasteiger partial charge is 0.220 e. The van der Waals surface area contributed by atoms with Crippen LogP contribution in [0.15, 0.2) is 91.3 Å². The zero-order valence-electron chi connectivity index (χ0n) is 18.7. The molecule has 1 N–H and O–H groups in total. The van der Waals surface area contributed by atoms with E-state index in [2.05, 4.69) is 40.7 Å². The Bertz CT molecular complexity index is 1210. The van der Waals surface area contributed by atoms with Crippen LogP contribution in [-0.2, 0) is 17.9 Å². The molecule has 0 unspecified atom stereocenters. The summed E-state index contributed by atoms with van der Waals surface area (Å²) in [6.45, 7) is 3.13. The summed E-state index contributed by atoms with van der Waals surface area (Å²) in [7, 11) is 0. The number of Topliss-reactive ketones (excluding diaryl/α,β-unsaturated/α-hetero) is 1. The molecule has 4 rings (SSSR count). The first-order valence-corrected chi connectivity index (χ1v) is 11.1. The van der Waals surface area contributed by atoms with E-state index >= 15 is 0 Å². The first-order chi connectivity index (χ1) is 16.1. The van der Waals surface area contributed by atoms with Crippen molar-refractivity contribution >= 4 is 11.7 Å². The summed E-state index contributed by atoms with van der Waals surface area (Å²) in [6.07, 6.45) is 4.10. The van der Waals surface area contributed by atoms with Crippen molar-refractivity contribution in [3.63, 3.8) is 0 Å². The Labute approximate surface area is 194 Å². The lowest BCUT2D eigenvalue weighted by Crippen LogP contribution is -2.23. The van der Waals surface area contributed by atoms with E-state index in [-0.39, 0.29) is 24.5 Å². The van der Waals surface area contributed by atoms with Gasteiger partial charge in [-0.1, -0.05) is 78.4 Å². The van der Waals surface area contributed by atoms with Gasteiger partial charge < -0.3 is 5.32 Å². The second kappa shape index (κ2) is 10.6. The van der Waals surface area contributed by atoms with E-state index in [0.717, 1.165) is 28.8 Å². The minimum absolute atomic E-state index is 0.0132. The van der Waals surface area contributed by atoms with Crippen molar-refractivity contribution in [2.45, 2.75) is 32.9 Å². The maximum absolute atomic E-state index is 12.4. The molecule has 0 aliphatic carbocycles. The molecule has 0 fully saturated rings. The minimum atomic E-state index is -0.125. The van der Waals surface area contributed by atoms with Crippen LogP contribution < -0.4 is 5.32 Å². The molecule has 0 bridgehead atoms. The monoisotopic (exact) mass is 437 g/mol. The molecule has 4 aromatic rings. The Morgan fingerprint density at radius 1 is 0.879 bits per heavy atom. The SMILES string of the molecule is Cc1ccc(C(=O)CCC(=O)NCc2ccccc2-c2ccc(Cn3cccn3)cc2)cc1. The van der Waals surface area contributed by atoms with E-state index in [0.29, 0.717) is 12.1 Å². The van der Waals surface area contributed by atoms with Gasteiger partial charge in [0.05, 0.1) is 6.54 Å². The van der Waals surface area contributed by atoms with Gasteiger partial charge in [-0.3, -0.25) is 14.3 Å². The molecule has 1 heterocycles. The standard InChI is InChI=1S/C28H27N3O2/c1-21-7-11-24(12-8-21)27(32)15-16-28(33)29-19-25-5-2-3-6-26(25)23-13-9-22(10-14-23)20-31-18-4-17-30-31/h2-14,17-18H,15-16,19-20H2,1H3,(H,29,33). The lowest BCUT2D eigenvalue weighted by molar-refractivity contribution is -0.121. The van der Waals surface area contributed by atoms with Gasteiger partial charge in [0.25, 0.3) is 0 Å². The van der Waals surface area contributed by atoms with Gasteiger partial charge in [-0.05, 0) is 35.2 Å². The molecule has 5 nitrogen and oxygen atoms in total. The summed E-state index contributed by atoms with van der Waals surface area (Å²) < 4.78 is 1.89. The van der Waals surface area contributed by atoms with Gasteiger partial charge in [-0.25, -0.2) is 0 Å². The number of amides is 1. The van der Waals surface area contributed by atoms with Crippen LogP contribution in [0.2, 0.25) is 0 Å². The molecule has 0 radical (unpaired) electrons. The molecule has 1 aromatic heterocycles. The van der Waals surface area contributed by atoms with E-state index in [4.69, 9.17) is 0 Å².